The minimum absolute atomic E-state index is 0.358. The second kappa shape index (κ2) is 11.5. The molecule has 7 heteroatoms. The Morgan fingerprint density at radius 1 is 1.37 bits per heavy atom. The van der Waals surface area contributed by atoms with E-state index >= 15 is 0 Å². The molecule has 27 heavy (non-hydrogen) atoms. The number of aliphatic carboxylic acids is 1. The summed E-state index contributed by atoms with van der Waals surface area (Å²) in [5, 5.41) is 13.1. The highest BCUT2D eigenvalue weighted by molar-refractivity contribution is 6.32. The standard InChI is InChI=1S/C20H31ClN2O4/c1-15(2)11-17(20(24)25)14-22-13-16-3-4-19(18(21)12-16)27-10-7-23-5-8-26-9-6-23/h3-4,12,15,17,22H,5-11,13-14H2,1-2H3,(H,24,25). The first kappa shape index (κ1) is 22.0. The molecule has 0 bridgehead atoms. The van der Waals surface area contributed by atoms with Crippen molar-refractivity contribution in [1.82, 2.24) is 10.2 Å². The van der Waals surface area contributed by atoms with Crippen molar-refractivity contribution in [1.29, 1.82) is 0 Å². The summed E-state index contributed by atoms with van der Waals surface area (Å²) < 4.78 is 11.1. The number of carboxylic acid groups (broad SMARTS) is 1. The lowest BCUT2D eigenvalue weighted by Crippen LogP contribution is -2.38. The molecular weight excluding hydrogens is 368 g/mol. The van der Waals surface area contributed by atoms with Crippen LogP contribution in [0.15, 0.2) is 18.2 Å². The molecule has 1 aliphatic heterocycles. The van der Waals surface area contributed by atoms with Crippen LogP contribution in [0.2, 0.25) is 5.02 Å². The van der Waals surface area contributed by atoms with Gasteiger partial charge in [0.2, 0.25) is 0 Å². The fourth-order valence-corrected chi connectivity index (χ4v) is 3.37. The highest BCUT2D eigenvalue weighted by Gasteiger charge is 2.18. The third-order valence-corrected chi connectivity index (χ3v) is 4.89. The van der Waals surface area contributed by atoms with E-state index in [1.54, 1.807) is 0 Å². The topological polar surface area (TPSA) is 71.0 Å². The number of halogens is 1. The van der Waals surface area contributed by atoms with Gasteiger partial charge in [-0.05, 0) is 30.0 Å². The SMILES string of the molecule is CC(C)CC(CNCc1ccc(OCCN2CCOCC2)c(Cl)c1)C(=O)O. The number of benzene rings is 1. The number of rotatable bonds is 11. The number of carbonyl (C=O) groups is 1. The van der Waals surface area contributed by atoms with Crippen LogP contribution in [0, 0.1) is 11.8 Å². The Labute approximate surface area is 166 Å². The molecule has 1 atom stereocenters. The summed E-state index contributed by atoms with van der Waals surface area (Å²) >= 11 is 6.33. The Bertz CT molecular complexity index is 591. The molecule has 1 aliphatic rings. The molecule has 0 radical (unpaired) electrons. The van der Waals surface area contributed by atoms with Crippen LogP contribution >= 0.6 is 11.6 Å². The summed E-state index contributed by atoms with van der Waals surface area (Å²) in [5.41, 5.74) is 1.01. The second-order valence-electron chi connectivity index (χ2n) is 7.36. The van der Waals surface area contributed by atoms with Crippen LogP contribution in [0.25, 0.3) is 0 Å². The van der Waals surface area contributed by atoms with Gasteiger partial charge in [0.25, 0.3) is 0 Å². The third-order valence-electron chi connectivity index (χ3n) is 4.59. The maximum atomic E-state index is 11.3. The van der Waals surface area contributed by atoms with Crippen molar-refractivity contribution < 1.29 is 19.4 Å². The molecular formula is C20H31ClN2O4. The maximum absolute atomic E-state index is 11.3. The van der Waals surface area contributed by atoms with Gasteiger partial charge in [0.1, 0.15) is 12.4 Å². The average Bonchev–Trinajstić information content (AvgIpc) is 2.63. The van der Waals surface area contributed by atoms with E-state index in [0.717, 1.165) is 38.4 Å². The van der Waals surface area contributed by atoms with Crippen molar-refractivity contribution >= 4 is 17.6 Å². The van der Waals surface area contributed by atoms with Crippen LogP contribution in [-0.4, -0.2) is 62.0 Å². The van der Waals surface area contributed by atoms with Crippen LogP contribution in [0.1, 0.15) is 25.8 Å². The van der Waals surface area contributed by atoms with Crippen molar-refractivity contribution in [2.45, 2.75) is 26.8 Å². The van der Waals surface area contributed by atoms with Gasteiger partial charge in [-0.15, -0.1) is 0 Å². The summed E-state index contributed by atoms with van der Waals surface area (Å²) in [6.45, 7) is 9.98. The zero-order valence-electron chi connectivity index (χ0n) is 16.2. The summed E-state index contributed by atoms with van der Waals surface area (Å²) in [5.74, 6) is -0.0883. The summed E-state index contributed by atoms with van der Waals surface area (Å²) in [7, 11) is 0. The van der Waals surface area contributed by atoms with Crippen molar-refractivity contribution in [3.05, 3.63) is 28.8 Å². The smallest absolute Gasteiger partial charge is 0.307 e. The Morgan fingerprint density at radius 2 is 2.11 bits per heavy atom. The average molecular weight is 399 g/mol. The largest absolute Gasteiger partial charge is 0.491 e. The lowest BCUT2D eigenvalue weighted by molar-refractivity contribution is -0.142. The van der Waals surface area contributed by atoms with Gasteiger partial charge in [-0.2, -0.15) is 0 Å². The van der Waals surface area contributed by atoms with Gasteiger partial charge < -0.3 is 19.9 Å². The molecule has 1 aromatic rings. The van der Waals surface area contributed by atoms with Gasteiger partial charge in [0.05, 0.1) is 24.2 Å². The van der Waals surface area contributed by atoms with Gasteiger partial charge in [-0.1, -0.05) is 31.5 Å². The van der Waals surface area contributed by atoms with Crippen molar-refractivity contribution in [2.24, 2.45) is 11.8 Å². The van der Waals surface area contributed by atoms with Crippen LogP contribution in [-0.2, 0) is 16.1 Å². The zero-order valence-corrected chi connectivity index (χ0v) is 17.0. The summed E-state index contributed by atoms with van der Waals surface area (Å²) in [6.07, 6.45) is 0.666. The molecule has 2 N–H and O–H groups in total. The van der Waals surface area contributed by atoms with Gasteiger partial charge in [-0.25, -0.2) is 0 Å². The van der Waals surface area contributed by atoms with E-state index in [-0.39, 0.29) is 5.92 Å². The molecule has 2 rings (SSSR count). The van der Waals surface area contributed by atoms with E-state index in [2.05, 4.69) is 10.2 Å². The first-order valence-electron chi connectivity index (χ1n) is 9.60. The monoisotopic (exact) mass is 398 g/mol. The van der Waals surface area contributed by atoms with Gasteiger partial charge in [0.15, 0.2) is 0 Å². The number of ether oxygens (including phenoxy) is 2. The van der Waals surface area contributed by atoms with E-state index in [4.69, 9.17) is 21.1 Å². The Morgan fingerprint density at radius 3 is 2.74 bits per heavy atom. The van der Waals surface area contributed by atoms with Crippen LogP contribution < -0.4 is 10.1 Å². The molecule has 1 saturated heterocycles. The molecule has 1 unspecified atom stereocenters. The molecule has 0 saturated carbocycles. The van der Waals surface area contributed by atoms with Gasteiger partial charge in [0, 0.05) is 32.7 Å². The molecule has 152 valence electrons. The number of hydrogen-bond acceptors (Lipinski definition) is 5. The molecule has 1 heterocycles. The Balaban J connectivity index is 1.75. The van der Waals surface area contributed by atoms with E-state index in [0.29, 0.717) is 42.8 Å². The van der Waals surface area contributed by atoms with Crippen LogP contribution in [0.5, 0.6) is 5.75 Å². The second-order valence-corrected chi connectivity index (χ2v) is 7.77. The molecule has 0 spiro atoms. The summed E-state index contributed by atoms with van der Waals surface area (Å²) in [4.78, 5) is 13.6. The van der Waals surface area contributed by atoms with E-state index in [1.807, 2.05) is 32.0 Å². The lowest BCUT2D eigenvalue weighted by atomic mass is 9.97. The maximum Gasteiger partial charge on any atom is 0.307 e. The number of carboxylic acids is 1. The van der Waals surface area contributed by atoms with Crippen LogP contribution in [0.4, 0.5) is 0 Å². The number of nitrogens with one attached hydrogen (secondary N) is 1. The molecule has 0 aliphatic carbocycles. The highest BCUT2D eigenvalue weighted by atomic mass is 35.5. The van der Waals surface area contributed by atoms with Crippen molar-refractivity contribution in [3.63, 3.8) is 0 Å². The van der Waals surface area contributed by atoms with E-state index < -0.39 is 5.97 Å². The quantitative estimate of drug-likeness (QED) is 0.597. The Kier molecular flexibility index (Phi) is 9.34. The Hall–Kier alpha value is -1.34. The predicted molar refractivity (Wildman–Crippen MR) is 106 cm³/mol. The minimum Gasteiger partial charge on any atom is -0.491 e. The molecule has 1 aromatic carbocycles. The van der Waals surface area contributed by atoms with E-state index in [1.165, 1.54) is 0 Å². The van der Waals surface area contributed by atoms with Crippen LogP contribution in [0.3, 0.4) is 0 Å². The van der Waals surface area contributed by atoms with Gasteiger partial charge >= 0.3 is 5.97 Å². The van der Waals surface area contributed by atoms with Crippen molar-refractivity contribution in [2.75, 3.05) is 46.0 Å². The fourth-order valence-electron chi connectivity index (χ4n) is 3.11. The first-order chi connectivity index (χ1) is 13.0. The molecule has 1 fully saturated rings. The lowest BCUT2D eigenvalue weighted by Gasteiger charge is -2.26. The fraction of sp³-hybridized carbons (Fsp3) is 0.650. The van der Waals surface area contributed by atoms with Crippen molar-refractivity contribution in [3.8, 4) is 5.75 Å². The normalized spacial score (nSPS) is 16.4. The molecule has 0 amide bonds. The highest BCUT2D eigenvalue weighted by Crippen LogP contribution is 2.25. The minimum atomic E-state index is -0.752. The number of hydrogen-bond donors (Lipinski definition) is 2. The summed E-state index contributed by atoms with van der Waals surface area (Å²) in [6, 6.07) is 5.71. The van der Waals surface area contributed by atoms with Gasteiger partial charge in [-0.3, -0.25) is 9.69 Å². The number of morpholine rings is 1. The molecule has 0 aromatic heterocycles. The number of nitrogens with zero attached hydrogens (tertiary/aromatic N) is 1. The zero-order chi connectivity index (χ0) is 19.6. The third kappa shape index (κ3) is 8.05. The first-order valence-corrected chi connectivity index (χ1v) is 9.98. The van der Waals surface area contributed by atoms with E-state index in [9.17, 15) is 9.90 Å². The molecule has 6 nitrogen and oxygen atoms in total. The predicted octanol–water partition coefficient (Wildman–Crippen LogP) is 2.89.